The number of amides is 1. The van der Waals surface area contributed by atoms with Crippen molar-refractivity contribution >= 4 is 34.4 Å². The lowest BCUT2D eigenvalue weighted by atomic mass is 9.94. The molecule has 11 heteroatoms. The second-order valence-corrected chi connectivity index (χ2v) is 8.40. The number of hydrogen-bond donors (Lipinski definition) is 2. The number of thiazole rings is 1. The highest BCUT2D eigenvalue weighted by molar-refractivity contribution is 7.13. The molecule has 1 aromatic carbocycles. The molecule has 2 aromatic heterocycles. The number of hydrogen-bond acceptors (Lipinski definition) is 8. The Bertz CT molecular complexity index is 1080. The summed E-state index contributed by atoms with van der Waals surface area (Å²) in [6.45, 7) is 1.42. The van der Waals surface area contributed by atoms with Gasteiger partial charge in [0.15, 0.2) is 11.3 Å². The van der Waals surface area contributed by atoms with Crippen LogP contribution in [0.1, 0.15) is 19.3 Å². The third kappa shape index (κ3) is 3.37. The van der Waals surface area contributed by atoms with E-state index in [0.717, 1.165) is 12.8 Å². The number of carbonyl (C=O) groups excluding carboxylic acids is 1. The van der Waals surface area contributed by atoms with Crippen LogP contribution in [0.5, 0.6) is 5.75 Å². The molecule has 4 heterocycles. The molecule has 0 radical (unpaired) electrons. The molecular weight excluding hydrogens is 416 g/mol. The fourth-order valence-electron chi connectivity index (χ4n) is 4.07. The number of benzene rings is 1. The molecule has 2 saturated heterocycles. The molecule has 8 nitrogen and oxygen atoms in total. The highest BCUT2D eigenvalue weighted by atomic mass is 32.1. The van der Waals surface area contributed by atoms with Crippen LogP contribution in [0.15, 0.2) is 28.1 Å². The summed E-state index contributed by atoms with van der Waals surface area (Å²) >= 11 is 1.39. The van der Waals surface area contributed by atoms with E-state index in [2.05, 4.69) is 20.0 Å². The quantitative estimate of drug-likeness (QED) is 0.635. The molecule has 2 aliphatic rings. The Labute approximate surface area is 174 Å². The fourth-order valence-corrected chi connectivity index (χ4v) is 4.73. The van der Waals surface area contributed by atoms with Crippen LogP contribution in [-0.2, 0) is 4.79 Å². The van der Waals surface area contributed by atoms with Crippen molar-refractivity contribution in [3.63, 3.8) is 0 Å². The number of nitrogens with zero attached hydrogens (tertiary/aromatic N) is 3. The predicted molar refractivity (Wildman–Crippen MR) is 107 cm³/mol. The summed E-state index contributed by atoms with van der Waals surface area (Å²) in [5.74, 6) is -2.18. The van der Waals surface area contributed by atoms with E-state index in [1.165, 1.54) is 23.8 Å². The molecule has 3 N–H and O–H groups in total. The number of primary amides is 1. The summed E-state index contributed by atoms with van der Waals surface area (Å²) in [6, 6.07) is 3.89. The highest BCUT2D eigenvalue weighted by Gasteiger charge is 2.41. The van der Waals surface area contributed by atoms with Crippen molar-refractivity contribution in [2.45, 2.75) is 37.5 Å². The molecule has 0 aliphatic carbocycles. The maximum Gasteiger partial charge on any atom is 0.482 e. The number of halogens is 2. The average Bonchev–Trinajstić information content (AvgIpc) is 3.38. The van der Waals surface area contributed by atoms with E-state index < -0.39 is 12.0 Å². The van der Waals surface area contributed by atoms with Crippen molar-refractivity contribution in [1.29, 1.82) is 0 Å². The minimum Gasteiger partial charge on any atom is -0.421 e. The molecule has 5 rings (SSSR count). The normalized spacial score (nSPS) is 21.7. The Morgan fingerprint density at radius 3 is 2.77 bits per heavy atom. The van der Waals surface area contributed by atoms with E-state index in [4.69, 9.17) is 10.2 Å². The van der Waals surface area contributed by atoms with Gasteiger partial charge < -0.3 is 25.1 Å². The van der Waals surface area contributed by atoms with Crippen LogP contribution < -0.4 is 20.7 Å². The minimum absolute atomic E-state index is 0.0299. The zero-order valence-electron chi connectivity index (χ0n) is 15.8. The largest absolute Gasteiger partial charge is 0.482 e. The SMILES string of the molecule is NC(=O)C(F)(F)Oc1ccc(-c2nccs2)c2nc(N3CC4CCCC(C3)N4)oc12. The van der Waals surface area contributed by atoms with Crippen molar-refractivity contribution in [3.05, 3.63) is 23.7 Å². The van der Waals surface area contributed by atoms with Crippen LogP contribution in [0.25, 0.3) is 21.7 Å². The molecule has 158 valence electrons. The van der Waals surface area contributed by atoms with Crippen LogP contribution >= 0.6 is 11.3 Å². The zero-order valence-corrected chi connectivity index (χ0v) is 16.6. The van der Waals surface area contributed by atoms with Crippen LogP contribution in [-0.4, -0.2) is 47.2 Å². The second kappa shape index (κ2) is 7.17. The van der Waals surface area contributed by atoms with Crippen LogP contribution in [0.4, 0.5) is 14.8 Å². The number of carbonyl (C=O) groups is 1. The van der Waals surface area contributed by atoms with Gasteiger partial charge in [-0.1, -0.05) is 6.42 Å². The first-order chi connectivity index (χ1) is 14.4. The van der Waals surface area contributed by atoms with Gasteiger partial charge in [0.2, 0.25) is 0 Å². The summed E-state index contributed by atoms with van der Waals surface area (Å²) in [7, 11) is 0. The maximum atomic E-state index is 13.9. The fraction of sp³-hybridized carbons (Fsp3) is 0.421. The van der Waals surface area contributed by atoms with Crippen molar-refractivity contribution in [2.75, 3.05) is 18.0 Å². The topological polar surface area (TPSA) is 107 Å². The van der Waals surface area contributed by atoms with Crippen molar-refractivity contribution in [1.82, 2.24) is 15.3 Å². The average molecular weight is 435 g/mol. The first-order valence-electron chi connectivity index (χ1n) is 9.62. The van der Waals surface area contributed by atoms with Gasteiger partial charge in [0.1, 0.15) is 10.5 Å². The third-order valence-electron chi connectivity index (χ3n) is 5.41. The first-order valence-corrected chi connectivity index (χ1v) is 10.5. The van der Waals surface area contributed by atoms with E-state index in [1.807, 2.05) is 10.3 Å². The number of aromatic nitrogens is 2. The van der Waals surface area contributed by atoms with Gasteiger partial charge in [-0.15, -0.1) is 11.3 Å². The van der Waals surface area contributed by atoms with E-state index in [1.54, 1.807) is 12.3 Å². The summed E-state index contributed by atoms with van der Waals surface area (Å²) in [5.41, 5.74) is 5.78. The number of alkyl halides is 2. The summed E-state index contributed by atoms with van der Waals surface area (Å²) in [6.07, 6.45) is 0.788. The van der Waals surface area contributed by atoms with Crippen LogP contribution in [0, 0.1) is 0 Å². The molecule has 0 saturated carbocycles. The number of ether oxygens (including phenoxy) is 1. The highest BCUT2D eigenvalue weighted by Crippen LogP contribution is 2.39. The van der Waals surface area contributed by atoms with Gasteiger partial charge in [-0.3, -0.25) is 4.79 Å². The van der Waals surface area contributed by atoms with E-state index in [-0.39, 0.29) is 11.3 Å². The van der Waals surface area contributed by atoms with Gasteiger partial charge in [0.25, 0.3) is 6.01 Å². The first kappa shape index (κ1) is 19.2. The van der Waals surface area contributed by atoms with Crippen molar-refractivity contribution in [3.8, 4) is 16.3 Å². The number of piperidine rings is 1. The Morgan fingerprint density at radius 2 is 2.10 bits per heavy atom. The lowest BCUT2D eigenvalue weighted by molar-refractivity contribution is -0.189. The predicted octanol–water partition coefficient (Wildman–Crippen LogP) is 2.74. The number of oxazole rings is 1. The monoisotopic (exact) mass is 435 g/mol. The van der Waals surface area contributed by atoms with Gasteiger partial charge in [0, 0.05) is 42.3 Å². The van der Waals surface area contributed by atoms with Gasteiger partial charge in [0.05, 0.1) is 0 Å². The zero-order chi connectivity index (χ0) is 20.9. The second-order valence-electron chi connectivity index (χ2n) is 7.50. The number of anilines is 1. The maximum absolute atomic E-state index is 13.9. The Hall–Kier alpha value is -2.79. The molecule has 3 aromatic rings. The van der Waals surface area contributed by atoms with Gasteiger partial charge >= 0.3 is 12.0 Å². The van der Waals surface area contributed by atoms with Crippen molar-refractivity contribution in [2.24, 2.45) is 5.73 Å². The molecule has 2 fully saturated rings. The van der Waals surface area contributed by atoms with Gasteiger partial charge in [-0.05, 0) is 25.0 Å². The molecular formula is C19H19F2N5O3S. The van der Waals surface area contributed by atoms with Crippen LogP contribution in [0.3, 0.4) is 0 Å². The van der Waals surface area contributed by atoms with E-state index in [0.29, 0.717) is 47.3 Å². The molecule has 2 bridgehead atoms. The summed E-state index contributed by atoms with van der Waals surface area (Å²) < 4.78 is 38.3. The summed E-state index contributed by atoms with van der Waals surface area (Å²) in [4.78, 5) is 22.0. The van der Waals surface area contributed by atoms with E-state index >= 15 is 0 Å². The lowest BCUT2D eigenvalue weighted by Crippen LogP contribution is -2.58. The van der Waals surface area contributed by atoms with Gasteiger partial charge in [-0.25, -0.2) is 4.98 Å². The molecule has 1 amide bonds. The molecule has 0 spiro atoms. The standard InChI is InChI=1S/C19H19F2N5O3S/c20-19(21,17(22)27)29-13-5-4-12(16-23-6-7-30-16)14-15(13)28-18(25-14)26-8-10-2-1-3-11(9-26)24-10/h4-7,10-11,24H,1-3,8-9H2,(H2,22,27). The summed E-state index contributed by atoms with van der Waals surface area (Å²) in [5, 5.41) is 6.06. The Balaban J connectivity index is 1.59. The molecule has 30 heavy (non-hydrogen) atoms. The number of nitrogens with two attached hydrogens (primary N) is 1. The van der Waals surface area contributed by atoms with Crippen molar-refractivity contribution < 1.29 is 22.7 Å². The van der Waals surface area contributed by atoms with E-state index in [9.17, 15) is 13.6 Å². The molecule has 2 atom stereocenters. The Kier molecular flexibility index (Phi) is 4.58. The Morgan fingerprint density at radius 1 is 1.33 bits per heavy atom. The number of rotatable bonds is 5. The third-order valence-corrected chi connectivity index (χ3v) is 6.22. The van der Waals surface area contributed by atoms with Gasteiger partial charge in [-0.2, -0.15) is 13.8 Å². The lowest BCUT2D eigenvalue weighted by Gasteiger charge is -2.41. The smallest absolute Gasteiger partial charge is 0.421 e. The number of piperazine rings is 1. The minimum atomic E-state index is -4.17. The molecule has 2 aliphatic heterocycles. The number of nitrogens with one attached hydrogen (secondary N) is 1. The molecule has 2 unspecified atom stereocenters. The van der Waals surface area contributed by atoms with Crippen LogP contribution in [0.2, 0.25) is 0 Å². The number of fused-ring (bicyclic) bond motifs is 3.